The van der Waals surface area contributed by atoms with Crippen molar-refractivity contribution in [1.82, 2.24) is 15.0 Å². The van der Waals surface area contributed by atoms with E-state index in [1.165, 1.54) is 7.11 Å². The summed E-state index contributed by atoms with van der Waals surface area (Å²) in [6.45, 7) is 1.87. The monoisotopic (exact) mass is 266 g/mol. The lowest BCUT2D eigenvalue weighted by Crippen LogP contribution is -2.02. The van der Waals surface area contributed by atoms with Crippen LogP contribution in [0.1, 0.15) is 5.56 Å². The molecule has 1 heterocycles. The third-order valence-electron chi connectivity index (χ3n) is 2.13. The molecule has 0 atom stereocenters. The van der Waals surface area contributed by atoms with E-state index in [1.54, 1.807) is 18.2 Å². The maximum absolute atomic E-state index is 5.92. The first-order valence-electron chi connectivity index (χ1n) is 5.08. The topological polar surface area (TPSA) is 83.2 Å². The van der Waals surface area contributed by atoms with Crippen LogP contribution in [0.2, 0.25) is 5.02 Å². The summed E-state index contributed by atoms with van der Waals surface area (Å²) >= 11 is 5.92. The summed E-state index contributed by atoms with van der Waals surface area (Å²) in [5, 5.41) is 0.662. The van der Waals surface area contributed by atoms with Gasteiger partial charge in [-0.05, 0) is 30.7 Å². The first kappa shape index (κ1) is 12.4. The second-order valence-electron chi connectivity index (χ2n) is 3.48. The molecule has 0 bridgehead atoms. The van der Waals surface area contributed by atoms with Gasteiger partial charge in [-0.1, -0.05) is 11.6 Å². The summed E-state index contributed by atoms with van der Waals surface area (Å²) in [6.07, 6.45) is 0. The van der Waals surface area contributed by atoms with E-state index in [0.29, 0.717) is 10.8 Å². The molecule has 0 saturated heterocycles. The fraction of sp³-hybridized carbons (Fsp3) is 0.182. The van der Waals surface area contributed by atoms with E-state index in [4.69, 9.17) is 26.8 Å². The Balaban J connectivity index is 2.27. The van der Waals surface area contributed by atoms with Crippen molar-refractivity contribution in [3.8, 4) is 17.8 Å². The van der Waals surface area contributed by atoms with E-state index in [0.717, 1.165) is 5.56 Å². The molecule has 18 heavy (non-hydrogen) atoms. The van der Waals surface area contributed by atoms with Crippen molar-refractivity contribution in [1.29, 1.82) is 0 Å². The number of aromatic nitrogens is 3. The Morgan fingerprint density at radius 2 is 1.89 bits per heavy atom. The number of halogens is 1. The number of hydrogen-bond acceptors (Lipinski definition) is 6. The molecule has 0 radical (unpaired) electrons. The molecule has 0 aliphatic carbocycles. The molecule has 0 fully saturated rings. The van der Waals surface area contributed by atoms with Gasteiger partial charge in [-0.2, -0.15) is 9.97 Å². The Bertz CT molecular complexity index is 577. The van der Waals surface area contributed by atoms with Gasteiger partial charge in [0.2, 0.25) is 5.95 Å². The van der Waals surface area contributed by atoms with Gasteiger partial charge in [0.25, 0.3) is 0 Å². The molecule has 2 aromatic rings. The molecule has 0 spiro atoms. The molecule has 0 unspecified atom stereocenters. The predicted molar refractivity (Wildman–Crippen MR) is 67.1 cm³/mol. The van der Waals surface area contributed by atoms with Crippen molar-refractivity contribution < 1.29 is 9.47 Å². The molecule has 1 aromatic heterocycles. The molecule has 6 nitrogen and oxygen atoms in total. The van der Waals surface area contributed by atoms with Crippen LogP contribution in [0.25, 0.3) is 0 Å². The number of benzene rings is 1. The molecule has 0 aliphatic heterocycles. The van der Waals surface area contributed by atoms with Crippen molar-refractivity contribution in [2.24, 2.45) is 0 Å². The molecular formula is C11H11ClN4O2. The van der Waals surface area contributed by atoms with Crippen LogP contribution in [-0.4, -0.2) is 22.1 Å². The average molecular weight is 267 g/mol. The summed E-state index contributed by atoms with van der Waals surface area (Å²) in [7, 11) is 1.44. The second-order valence-corrected chi connectivity index (χ2v) is 3.88. The number of nitrogen functional groups attached to an aromatic ring is 1. The molecule has 94 valence electrons. The van der Waals surface area contributed by atoms with Crippen molar-refractivity contribution in [3.63, 3.8) is 0 Å². The Morgan fingerprint density at radius 3 is 2.56 bits per heavy atom. The zero-order valence-electron chi connectivity index (χ0n) is 9.85. The van der Waals surface area contributed by atoms with Gasteiger partial charge >= 0.3 is 12.0 Å². The van der Waals surface area contributed by atoms with Crippen LogP contribution in [0.15, 0.2) is 18.2 Å². The maximum Gasteiger partial charge on any atom is 0.330 e. The third-order valence-corrected chi connectivity index (χ3v) is 2.56. The highest BCUT2D eigenvalue weighted by Gasteiger charge is 2.07. The number of aryl methyl sites for hydroxylation is 1. The fourth-order valence-electron chi connectivity index (χ4n) is 1.28. The summed E-state index contributed by atoms with van der Waals surface area (Å²) in [6, 6.07) is 5.38. The zero-order valence-corrected chi connectivity index (χ0v) is 10.6. The van der Waals surface area contributed by atoms with Crippen molar-refractivity contribution in [2.75, 3.05) is 12.8 Å². The summed E-state index contributed by atoms with van der Waals surface area (Å²) in [5.74, 6) is 0.590. The number of rotatable bonds is 3. The van der Waals surface area contributed by atoms with Gasteiger partial charge < -0.3 is 15.2 Å². The number of hydrogen-bond donors (Lipinski definition) is 1. The highest BCUT2D eigenvalue weighted by molar-refractivity contribution is 6.31. The van der Waals surface area contributed by atoms with Gasteiger partial charge in [0.15, 0.2) is 0 Å². The first-order chi connectivity index (χ1) is 8.58. The van der Waals surface area contributed by atoms with E-state index in [-0.39, 0.29) is 18.0 Å². The number of nitrogens with two attached hydrogens (primary N) is 1. The van der Waals surface area contributed by atoms with Crippen LogP contribution in [0.4, 0.5) is 5.95 Å². The van der Waals surface area contributed by atoms with Crippen LogP contribution < -0.4 is 15.2 Å². The van der Waals surface area contributed by atoms with Gasteiger partial charge in [0.05, 0.1) is 7.11 Å². The van der Waals surface area contributed by atoms with Gasteiger partial charge in [-0.15, -0.1) is 4.98 Å². The third kappa shape index (κ3) is 2.78. The van der Waals surface area contributed by atoms with E-state index in [2.05, 4.69) is 15.0 Å². The molecule has 2 rings (SSSR count). The average Bonchev–Trinajstić information content (AvgIpc) is 2.33. The minimum Gasteiger partial charge on any atom is -0.467 e. The predicted octanol–water partition coefficient (Wildman–Crippen LogP) is 2.22. The summed E-state index contributed by atoms with van der Waals surface area (Å²) in [4.78, 5) is 11.5. The molecular weight excluding hydrogens is 256 g/mol. The van der Waals surface area contributed by atoms with Crippen LogP contribution in [0, 0.1) is 6.92 Å². The van der Waals surface area contributed by atoms with E-state index in [1.807, 2.05) is 6.92 Å². The van der Waals surface area contributed by atoms with Crippen LogP contribution >= 0.6 is 11.6 Å². The fourth-order valence-corrected chi connectivity index (χ4v) is 1.39. The standard InChI is InChI=1S/C11H11ClN4O2/c1-6-5-7(3-4-8(6)12)18-11-15-9(13)14-10(16-11)17-2/h3-5H,1-2H3,(H2,13,14,15,16). The highest BCUT2D eigenvalue weighted by atomic mass is 35.5. The van der Waals surface area contributed by atoms with E-state index < -0.39 is 0 Å². The lowest BCUT2D eigenvalue weighted by atomic mass is 10.2. The summed E-state index contributed by atoms with van der Waals surface area (Å²) < 4.78 is 10.3. The van der Waals surface area contributed by atoms with Crippen LogP contribution in [0.5, 0.6) is 17.8 Å². The quantitative estimate of drug-likeness (QED) is 0.917. The van der Waals surface area contributed by atoms with Gasteiger partial charge in [-0.3, -0.25) is 0 Å². The van der Waals surface area contributed by atoms with Crippen LogP contribution in [0.3, 0.4) is 0 Å². The van der Waals surface area contributed by atoms with Crippen LogP contribution in [-0.2, 0) is 0 Å². The Morgan fingerprint density at radius 1 is 1.17 bits per heavy atom. The Labute approximate surface area is 109 Å². The number of ether oxygens (including phenoxy) is 2. The minimum absolute atomic E-state index is 0.0301. The number of nitrogens with zero attached hydrogens (tertiary/aromatic N) is 3. The molecule has 2 N–H and O–H groups in total. The number of anilines is 1. The second kappa shape index (κ2) is 5.05. The van der Waals surface area contributed by atoms with E-state index >= 15 is 0 Å². The van der Waals surface area contributed by atoms with Crippen molar-refractivity contribution in [2.45, 2.75) is 6.92 Å². The molecule has 0 amide bonds. The van der Waals surface area contributed by atoms with Crippen molar-refractivity contribution >= 4 is 17.5 Å². The molecule has 0 saturated carbocycles. The van der Waals surface area contributed by atoms with E-state index in [9.17, 15) is 0 Å². The van der Waals surface area contributed by atoms with Crippen molar-refractivity contribution in [3.05, 3.63) is 28.8 Å². The largest absolute Gasteiger partial charge is 0.467 e. The van der Waals surface area contributed by atoms with Gasteiger partial charge in [0, 0.05) is 5.02 Å². The Hall–Kier alpha value is -2.08. The SMILES string of the molecule is COc1nc(N)nc(Oc2ccc(Cl)c(C)c2)n1. The summed E-state index contributed by atoms with van der Waals surface area (Å²) in [5.41, 5.74) is 6.39. The number of methoxy groups -OCH3 is 1. The molecule has 7 heteroatoms. The minimum atomic E-state index is 0.0301. The van der Waals surface area contributed by atoms with Gasteiger partial charge in [0.1, 0.15) is 5.75 Å². The van der Waals surface area contributed by atoms with Gasteiger partial charge in [-0.25, -0.2) is 0 Å². The normalized spacial score (nSPS) is 10.2. The highest BCUT2D eigenvalue weighted by Crippen LogP contribution is 2.24. The lowest BCUT2D eigenvalue weighted by Gasteiger charge is -2.06. The maximum atomic E-state index is 5.92. The zero-order chi connectivity index (χ0) is 13.1. The smallest absolute Gasteiger partial charge is 0.330 e. The molecule has 1 aromatic carbocycles. The molecule has 0 aliphatic rings. The first-order valence-corrected chi connectivity index (χ1v) is 5.46. The Kier molecular flexibility index (Phi) is 3.47. The lowest BCUT2D eigenvalue weighted by molar-refractivity contribution is 0.360.